The Hall–Kier alpha value is -3.09. The molecule has 0 spiro atoms. The first kappa shape index (κ1) is 19.2. The Kier molecular flexibility index (Phi) is 6.54. The summed E-state index contributed by atoms with van der Waals surface area (Å²) >= 11 is 0. The maximum Gasteiger partial charge on any atom is 0.271 e. The minimum Gasteiger partial charge on any atom is -0.490 e. The minimum atomic E-state index is -0.490. The van der Waals surface area contributed by atoms with E-state index < -0.39 is 4.92 Å². The number of carbonyl (C=O) groups excluding carboxylic acids is 1. The van der Waals surface area contributed by atoms with Crippen LogP contribution in [0.4, 0.5) is 11.4 Å². The maximum atomic E-state index is 12.3. The Balaban J connectivity index is 2.14. The van der Waals surface area contributed by atoms with Gasteiger partial charge < -0.3 is 14.8 Å². The van der Waals surface area contributed by atoms with E-state index in [2.05, 4.69) is 5.32 Å². The summed E-state index contributed by atoms with van der Waals surface area (Å²) in [5.74, 6) is 0.958. The van der Waals surface area contributed by atoms with Gasteiger partial charge in [-0.15, -0.1) is 0 Å². The topological polar surface area (TPSA) is 90.7 Å². The van der Waals surface area contributed by atoms with E-state index >= 15 is 0 Å². The first-order chi connectivity index (χ1) is 12.4. The molecule has 0 aromatic heterocycles. The van der Waals surface area contributed by atoms with Crippen molar-refractivity contribution in [3.8, 4) is 11.5 Å². The molecule has 1 amide bonds. The molecule has 0 atom stereocenters. The summed E-state index contributed by atoms with van der Waals surface area (Å²) in [6, 6.07) is 9.72. The zero-order valence-electron chi connectivity index (χ0n) is 15.1. The number of non-ortho nitro benzene ring substituents is 1. The smallest absolute Gasteiger partial charge is 0.271 e. The van der Waals surface area contributed by atoms with E-state index in [1.165, 1.54) is 12.1 Å². The van der Waals surface area contributed by atoms with E-state index in [9.17, 15) is 14.9 Å². The van der Waals surface area contributed by atoms with Crippen LogP contribution in [0.1, 0.15) is 25.0 Å². The highest BCUT2D eigenvalue weighted by molar-refractivity contribution is 5.93. The van der Waals surface area contributed by atoms with E-state index in [4.69, 9.17) is 9.47 Å². The SMILES string of the molecule is CCOc1ccc(CC(=O)Nc2cc([N+](=O)[O-])ccc2C)cc1OCC. The third-order valence-corrected chi connectivity index (χ3v) is 3.68. The number of aryl methyl sites for hydroxylation is 1. The Morgan fingerprint density at radius 1 is 1.08 bits per heavy atom. The van der Waals surface area contributed by atoms with Crippen molar-refractivity contribution in [3.63, 3.8) is 0 Å². The van der Waals surface area contributed by atoms with Gasteiger partial charge >= 0.3 is 0 Å². The van der Waals surface area contributed by atoms with Crippen LogP contribution in [0.3, 0.4) is 0 Å². The largest absolute Gasteiger partial charge is 0.490 e. The number of nitro groups is 1. The van der Waals surface area contributed by atoms with Crippen LogP contribution in [-0.4, -0.2) is 24.0 Å². The van der Waals surface area contributed by atoms with Gasteiger partial charge in [-0.2, -0.15) is 0 Å². The first-order valence-electron chi connectivity index (χ1n) is 8.38. The Morgan fingerprint density at radius 3 is 2.42 bits per heavy atom. The minimum absolute atomic E-state index is 0.0643. The monoisotopic (exact) mass is 358 g/mol. The standard InChI is InChI=1S/C19H22N2O5/c1-4-25-17-9-7-14(10-18(17)26-5-2)11-19(22)20-16-12-15(21(23)24)8-6-13(16)3/h6-10,12H,4-5,11H2,1-3H3,(H,20,22). The molecule has 2 rings (SSSR count). The number of nitrogens with one attached hydrogen (secondary N) is 1. The Labute approximate surface area is 152 Å². The van der Waals surface area contributed by atoms with Gasteiger partial charge in [0, 0.05) is 12.1 Å². The van der Waals surface area contributed by atoms with Gasteiger partial charge in [-0.25, -0.2) is 0 Å². The molecule has 0 saturated heterocycles. The summed E-state index contributed by atoms with van der Waals surface area (Å²) in [5.41, 5.74) is 1.88. The number of hydrogen-bond acceptors (Lipinski definition) is 5. The Bertz CT molecular complexity index is 805. The molecular formula is C19H22N2O5. The van der Waals surface area contributed by atoms with Crippen molar-refractivity contribution < 1.29 is 19.2 Å². The van der Waals surface area contributed by atoms with Crippen LogP contribution >= 0.6 is 0 Å². The quantitative estimate of drug-likeness (QED) is 0.571. The lowest BCUT2D eigenvalue weighted by Gasteiger charge is -2.13. The van der Waals surface area contributed by atoms with Crippen LogP contribution in [0.5, 0.6) is 11.5 Å². The van der Waals surface area contributed by atoms with Gasteiger partial charge in [0.05, 0.1) is 30.2 Å². The lowest BCUT2D eigenvalue weighted by molar-refractivity contribution is -0.384. The zero-order chi connectivity index (χ0) is 19.1. The molecule has 138 valence electrons. The number of nitrogens with zero attached hydrogens (tertiary/aromatic N) is 1. The summed E-state index contributed by atoms with van der Waals surface area (Å²) < 4.78 is 11.1. The molecule has 0 bridgehead atoms. The number of nitro benzene ring substituents is 1. The lowest BCUT2D eigenvalue weighted by atomic mass is 10.1. The van der Waals surface area contributed by atoms with E-state index in [0.717, 1.165) is 11.1 Å². The summed E-state index contributed by atoms with van der Waals surface area (Å²) in [6.45, 7) is 6.55. The van der Waals surface area contributed by atoms with E-state index in [1.807, 2.05) is 13.8 Å². The zero-order valence-corrected chi connectivity index (χ0v) is 15.1. The second kappa shape index (κ2) is 8.84. The highest BCUT2D eigenvalue weighted by Gasteiger charge is 2.13. The molecule has 0 aliphatic rings. The van der Waals surface area contributed by atoms with E-state index in [0.29, 0.717) is 30.4 Å². The van der Waals surface area contributed by atoms with Gasteiger partial charge in [-0.05, 0) is 44.0 Å². The van der Waals surface area contributed by atoms with Crippen molar-refractivity contribution in [2.75, 3.05) is 18.5 Å². The summed E-state index contributed by atoms with van der Waals surface area (Å²) in [6.07, 6.45) is 0.120. The van der Waals surface area contributed by atoms with Crippen LogP contribution in [0.2, 0.25) is 0 Å². The molecule has 0 fully saturated rings. The molecule has 2 aromatic rings. The molecule has 0 aliphatic carbocycles. The van der Waals surface area contributed by atoms with Crippen molar-refractivity contribution in [1.29, 1.82) is 0 Å². The molecule has 26 heavy (non-hydrogen) atoms. The van der Waals surface area contributed by atoms with Gasteiger partial charge in [0.1, 0.15) is 0 Å². The van der Waals surface area contributed by atoms with Gasteiger partial charge in [0.15, 0.2) is 11.5 Å². The fraction of sp³-hybridized carbons (Fsp3) is 0.316. The molecule has 1 N–H and O–H groups in total. The summed E-state index contributed by atoms with van der Waals surface area (Å²) in [5, 5.41) is 13.6. The summed E-state index contributed by atoms with van der Waals surface area (Å²) in [4.78, 5) is 22.7. The number of hydrogen-bond donors (Lipinski definition) is 1. The van der Waals surface area contributed by atoms with E-state index in [1.54, 1.807) is 31.2 Å². The van der Waals surface area contributed by atoms with Crippen molar-refractivity contribution in [1.82, 2.24) is 0 Å². The Morgan fingerprint density at radius 2 is 1.77 bits per heavy atom. The highest BCUT2D eigenvalue weighted by Crippen LogP contribution is 2.29. The third-order valence-electron chi connectivity index (χ3n) is 3.68. The lowest BCUT2D eigenvalue weighted by Crippen LogP contribution is -2.15. The van der Waals surface area contributed by atoms with Gasteiger partial charge in [-0.1, -0.05) is 12.1 Å². The first-order valence-corrected chi connectivity index (χ1v) is 8.38. The molecule has 0 aliphatic heterocycles. The van der Waals surface area contributed by atoms with Gasteiger partial charge in [-0.3, -0.25) is 14.9 Å². The molecule has 7 heteroatoms. The average Bonchev–Trinajstić information content (AvgIpc) is 2.59. The number of amides is 1. The normalized spacial score (nSPS) is 10.3. The molecule has 2 aromatic carbocycles. The molecular weight excluding hydrogens is 336 g/mol. The predicted octanol–water partition coefficient (Wildman–Crippen LogP) is 3.88. The molecule has 0 saturated carbocycles. The molecule has 0 unspecified atom stereocenters. The second-order valence-electron chi connectivity index (χ2n) is 5.63. The van der Waals surface area contributed by atoms with Crippen LogP contribution in [0.25, 0.3) is 0 Å². The van der Waals surface area contributed by atoms with Crippen LogP contribution in [-0.2, 0) is 11.2 Å². The average molecular weight is 358 g/mol. The number of ether oxygens (including phenoxy) is 2. The van der Waals surface area contributed by atoms with Crippen LogP contribution in [0, 0.1) is 17.0 Å². The molecule has 0 radical (unpaired) electrons. The maximum absolute atomic E-state index is 12.3. The van der Waals surface area contributed by atoms with Crippen molar-refractivity contribution in [2.45, 2.75) is 27.2 Å². The fourth-order valence-electron chi connectivity index (χ4n) is 2.44. The molecule has 7 nitrogen and oxygen atoms in total. The van der Waals surface area contributed by atoms with Crippen LogP contribution in [0.15, 0.2) is 36.4 Å². The van der Waals surface area contributed by atoms with Crippen molar-refractivity contribution in [2.24, 2.45) is 0 Å². The fourth-order valence-corrected chi connectivity index (χ4v) is 2.44. The highest BCUT2D eigenvalue weighted by atomic mass is 16.6. The van der Waals surface area contributed by atoms with Crippen molar-refractivity contribution in [3.05, 3.63) is 57.6 Å². The number of anilines is 1. The number of carbonyl (C=O) groups is 1. The van der Waals surface area contributed by atoms with Crippen LogP contribution < -0.4 is 14.8 Å². The van der Waals surface area contributed by atoms with Crippen molar-refractivity contribution >= 4 is 17.3 Å². The van der Waals surface area contributed by atoms with E-state index in [-0.39, 0.29) is 18.0 Å². The summed E-state index contributed by atoms with van der Waals surface area (Å²) in [7, 11) is 0. The number of rotatable bonds is 8. The predicted molar refractivity (Wildman–Crippen MR) is 98.9 cm³/mol. The van der Waals surface area contributed by atoms with Gasteiger partial charge in [0.25, 0.3) is 5.69 Å². The van der Waals surface area contributed by atoms with Gasteiger partial charge in [0.2, 0.25) is 5.91 Å². The second-order valence-corrected chi connectivity index (χ2v) is 5.63. The number of benzene rings is 2. The third kappa shape index (κ3) is 4.95. The molecule has 0 heterocycles.